The number of H-pyrrole nitrogens is 1. The number of amides is 1. The van der Waals surface area contributed by atoms with Crippen molar-refractivity contribution in [3.63, 3.8) is 0 Å². The van der Waals surface area contributed by atoms with Crippen LogP contribution in [0.5, 0.6) is 5.75 Å². The van der Waals surface area contributed by atoms with E-state index in [9.17, 15) is 14.4 Å². The van der Waals surface area contributed by atoms with E-state index in [1.165, 1.54) is 14.0 Å². The van der Waals surface area contributed by atoms with Gasteiger partial charge in [0.2, 0.25) is 0 Å². The first-order chi connectivity index (χ1) is 16.7. The van der Waals surface area contributed by atoms with Crippen molar-refractivity contribution < 1.29 is 28.3 Å². The molecule has 1 aliphatic heterocycles. The molecule has 2 aromatic heterocycles. The van der Waals surface area contributed by atoms with Crippen LogP contribution >= 0.6 is 11.6 Å². The molecule has 0 fully saturated rings. The Balaban J connectivity index is 1.73. The van der Waals surface area contributed by atoms with E-state index in [1.807, 2.05) is 25.1 Å². The summed E-state index contributed by atoms with van der Waals surface area (Å²) in [6.07, 6.45) is 0. The molecule has 9 heteroatoms. The molecular weight excluding hydrogens is 472 g/mol. The van der Waals surface area contributed by atoms with Gasteiger partial charge in [-0.15, -0.1) is 11.6 Å². The molecule has 1 atom stereocenters. The Morgan fingerprint density at radius 2 is 1.97 bits per heavy atom. The first-order valence-corrected chi connectivity index (χ1v) is 11.6. The molecule has 3 heterocycles. The monoisotopic (exact) mass is 494 g/mol. The van der Waals surface area contributed by atoms with Crippen molar-refractivity contribution in [3.05, 3.63) is 58.5 Å². The van der Waals surface area contributed by atoms with E-state index >= 15 is 0 Å². The number of nitrogens with zero attached hydrogens (tertiary/aromatic N) is 1. The van der Waals surface area contributed by atoms with Crippen molar-refractivity contribution in [2.45, 2.75) is 26.7 Å². The maximum absolute atomic E-state index is 13.7. The smallest absolute Gasteiger partial charge is 0.340 e. The maximum atomic E-state index is 13.7. The van der Waals surface area contributed by atoms with E-state index in [4.69, 9.17) is 25.5 Å². The highest BCUT2D eigenvalue weighted by atomic mass is 35.5. The number of esters is 2. The van der Waals surface area contributed by atoms with Crippen LogP contribution in [0.1, 0.15) is 50.6 Å². The van der Waals surface area contributed by atoms with Crippen LogP contribution in [0.4, 0.5) is 5.69 Å². The molecule has 0 radical (unpaired) electrons. The van der Waals surface area contributed by atoms with Crippen LogP contribution in [-0.4, -0.2) is 42.4 Å². The molecule has 2 aromatic carbocycles. The van der Waals surface area contributed by atoms with Crippen molar-refractivity contribution in [2.24, 2.45) is 0 Å². The molecule has 5 rings (SSSR count). The Hall–Kier alpha value is -3.78. The van der Waals surface area contributed by atoms with Gasteiger partial charge in [-0.25, -0.2) is 4.79 Å². The zero-order valence-electron chi connectivity index (χ0n) is 19.7. The summed E-state index contributed by atoms with van der Waals surface area (Å²) in [5, 5.41) is 1.36. The molecule has 0 bridgehead atoms. The fraction of sp³-hybridized carbons (Fsp3) is 0.269. The highest BCUT2D eigenvalue weighted by Crippen LogP contribution is 2.48. The number of aromatic nitrogens is 1. The topological polar surface area (TPSA) is 102 Å². The molecule has 35 heavy (non-hydrogen) atoms. The van der Waals surface area contributed by atoms with Gasteiger partial charge in [-0.1, -0.05) is 11.6 Å². The van der Waals surface area contributed by atoms with Crippen molar-refractivity contribution >= 4 is 57.0 Å². The van der Waals surface area contributed by atoms with E-state index in [0.717, 1.165) is 16.5 Å². The number of furan rings is 1. The third kappa shape index (κ3) is 3.65. The minimum atomic E-state index is -0.540. The number of hydrogen-bond acceptors (Lipinski definition) is 6. The van der Waals surface area contributed by atoms with Crippen molar-refractivity contribution in [3.8, 4) is 5.75 Å². The van der Waals surface area contributed by atoms with Crippen LogP contribution in [0.25, 0.3) is 21.9 Å². The molecule has 4 aromatic rings. The number of benzene rings is 2. The van der Waals surface area contributed by atoms with Crippen LogP contribution in [-0.2, 0) is 9.53 Å². The van der Waals surface area contributed by atoms with Gasteiger partial charge in [0.15, 0.2) is 11.5 Å². The summed E-state index contributed by atoms with van der Waals surface area (Å²) < 4.78 is 16.4. The number of rotatable bonds is 4. The highest BCUT2D eigenvalue weighted by molar-refractivity contribution is 6.20. The number of alkyl halides is 1. The number of aryl methyl sites for hydroxylation is 2. The quantitative estimate of drug-likeness (QED) is 0.237. The summed E-state index contributed by atoms with van der Waals surface area (Å²) in [4.78, 5) is 43.0. The summed E-state index contributed by atoms with van der Waals surface area (Å²) in [7, 11) is 1.30. The summed E-state index contributed by atoms with van der Waals surface area (Å²) >= 11 is 6.36. The molecule has 0 unspecified atom stereocenters. The minimum absolute atomic E-state index is 0.180. The molecule has 0 spiro atoms. The number of fused-ring (bicyclic) bond motifs is 4. The molecule has 0 saturated carbocycles. The Kier molecular flexibility index (Phi) is 5.56. The molecule has 1 amide bonds. The Labute approximate surface area is 205 Å². The van der Waals surface area contributed by atoms with Crippen LogP contribution < -0.4 is 9.64 Å². The van der Waals surface area contributed by atoms with Gasteiger partial charge in [0, 0.05) is 47.8 Å². The van der Waals surface area contributed by atoms with Crippen LogP contribution in [0, 0.1) is 13.8 Å². The molecule has 180 valence electrons. The molecular formula is C26H23ClN2O6. The van der Waals surface area contributed by atoms with Gasteiger partial charge in [-0.05, 0) is 37.6 Å². The number of ether oxygens (including phenoxy) is 2. The normalized spacial score (nSPS) is 15.0. The number of carbonyl (C=O) groups excluding carboxylic acids is 3. The highest BCUT2D eigenvalue weighted by Gasteiger charge is 2.38. The van der Waals surface area contributed by atoms with Crippen molar-refractivity contribution in [1.29, 1.82) is 0 Å². The Morgan fingerprint density at radius 1 is 1.20 bits per heavy atom. The number of halogens is 1. The average Bonchev–Trinajstić information content (AvgIpc) is 3.50. The second-order valence-corrected chi connectivity index (χ2v) is 9.00. The summed E-state index contributed by atoms with van der Waals surface area (Å²) in [6, 6.07) is 9.04. The summed E-state index contributed by atoms with van der Waals surface area (Å²) in [5.41, 5.74) is 4.23. The van der Waals surface area contributed by atoms with Crippen LogP contribution in [0.2, 0.25) is 0 Å². The lowest BCUT2D eigenvalue weighted by atomic mass is 9.95. The lowest BCUT2D eigenvalue weighted by Gasteiger charge is -2.17. The van der Waals surface area contributed by atoms with Gasteiger partial charge in [-0.2, -0.15) is 0 Å². The fourth-order valence-corrected chi connectivity index (χ4v) is 5.09. The largest absolute Gasteiger partial charge is 0.465 e. The van der Waals surface area contributed by atoms with Crippen LogP contribution in [0.3, 0.4) is 0 Å². The van der Waals surface area contributed by atoms with Gasteiger partial charge in [-0.3, -0.25) is 9.59 Å². The Morgan fingerprint density at radius 3 is 2.66 bits per heavy atom. The number of carbonyl (C=O) groups is 3. The second-order valence-electron chi connectivity index (χ2n) is 8.69. The number of nitrogens with one attached hydrogen (secondary N) is 1. The second kappa shape index (κ2) is 8.46. The zero-order chi connectivity index (χ0) is 25.0. The maximum Gasteiger partial charge on any atom is 0.340 e. The van der Waals surface area contributed by atoms with Gasteiger partial charge < -0.3 is 23.8 Å². The molecule has 0 saturated heterocycles. The lowest BCUT2D eigenvalue weighted by molar-refractivity contribution is -0.131. The number of methoxy groups -OCH3 is 1. The number of anilines is 1. The number of aromatic amines is 1. The van der Waals surface area contributed by atoms with Crippen molar-refractivity contribution in [2.75, 3.05) is 24.4 Å². The molecule has 1 N–H and O–H groups in total. The first-order valence-electron chi connectivity index (χ1n) is 11.1. The van der Waals surface area contributed by atoms with E-state index in [2.05, 4.69) is 4.98 Å². The van der Waals surface area contributed by atoms with Gasteiger partial charge in [0.25, 0.3) is 5.91 Å². The van der Waals surface area contributed by atoms with Gasteiger partial charge in [0.1, 0.15) is 5.58 Å². The molecule has 8 nitrogen and oxygen atoms in total. The standard InChI is InChI=1S/C26H23ClN2O6/c1-12-5-6-18-15(7-12)8-20(35-18)25(31)29-11-16(10-27)22-17(29)9-19(34-14(3)30)24-23(22)21(13(2)28-24)26(32)33-4/h5-9,16,28H,10-11H2,1-4H3/t16-/m1/s1. The van der Waals surface area contributed by atoms with Gasteiger partial charge >= 0.3 is 11.9 Å². The Bertz CT molecular complexity index is 1530. The fourth-order valence-electron chi connectivity index (χ4n) is 4.84. The molecule has 0 aliphatic carbocycles. The average molecular weight is 495 g/mol. The SMILES string of the molecule is COC(=O)c1c(C)[nH]c2c(OC(C)=O)cc3c(c12)[C@H](CCl)CN3C(=O)c1cc2cc(C)ccc2o1. The lowest BCUT2D eigenvalue weighted by Crippen LogP contribution is -2.29. The van der Waals surface area contributed by atoms with E-state index in [0.29, 0.717) is 33.4 Å². The first kappa shape index (κ1) is 23.0. The third-order valence-corrected chi connectivity index (χ3v) is 6.68. The number of hydrogen-bond donors (Lipinski definition) is 1. The predicted octanol–water partition coefficient (Wildman–Crippen LogP) is 5.23. The molecule has 1 aliphatic rings. The van der Waals surface area contributed by atoms with Crippen molar-refractivity contribution in [1.82, 2.24) is 4.98 Å². The van der Waals surface area contributed by atoms with E-state index in [1.54, 1.807) is 24.0 Å². The summed E-state index contributed by atoms with van der Waals surface area (Å²) in [6.45, 7) is 5.27. The third-order valence-electron chi connectivity index (χ3n) is 6.31. The zero-order valence-corrected chi connectivity index (χ0v) is 20.4. The van der Waals surface area contributed by atoms with Crippen LogP contribution in [0.15, 0.2) is 34.7 Å². The van der Waals surface area contributed by atoms with Gasteiger partial charge in [0.05, 0.1) is 23.9 Å². The summed E-state index contributed by atoms with van der Waals surface area (Å²) in [5.74, 6) is -1.10. The van der Waals surface area contributed by atoms with E-state index < -0.39 is 11.9 Å². The van der Waals surface area contributed by atoms with E-state index in [-0.39, 0.29) is 35.8 Å². The predicted molar refractivity (Wildman–Crippen MR) is 132 cm³/mol. The minimum Gasteiger partial charge on any atom is -0.465 e.